The van der Waals surface area contributed by atoms with Crippen molar-refractivity contribution in [1.82, 2.24) is 10.3 Å². The van der Waals surface area contributed by atoms with Crippen LogP contribution in [0.3, 0.4) is 0 Å². The van der Waals surface area contributed by atoms with Crippen LogP contribution in [-0.4, -0.2) is 35.6 Å². The summed E-state index contributed by atoms with van der Waals surface area (Å²) in [5.74, 6) is -1.89. The van der Waals surface area contributed by atoms with Crippen LogP contribution in [0.25, 0.3) is 0 Å². The smallest absolute Gasteiger partial charge is 0.419 e. The van der Waals surface area contributed by atoms with E-state index in [9.17, 15) is 22.8 Å². The van der Waals surface area contributed by atoms with Crippen molar-refractivity contribution >= 4 is 17.7 Å². The molecule has 0 saturated heterocycles. The topological polar surface area (TPSA) is 124 Å². The SMILES string of the molecule is COc1ccc(C#N)cc1C(C)Nc1ncc(C(=O)NC[C@H]2CC[C@H](C(=O)O)CC2)cc1C(F)(F)F. The van der Waals surface area contributed by atoms with Gasteiger partial charge < -0.3 is 20.5 Å². The van der Waals surface area contributed by atoms with Gasteiger partial charge in [0.05, 0.1) is 41.8 Å². The highest BCUT2D eigenvalue weighted by molar-refractivity contribution is 5.94. The first-order valence-corrected chi connectivity index (χ1v) is 11.5. The number of aromatic nitrogens is 1. The van der Waals surface area contributed by atoms with Crippen LogP contribution in [0.2, 0.25) is 0 Å². The van der Waals surface area contributed by atoms with E-state index < -0.39 is 35.5 Å². The number of benzene rings is 1. The number of carbonyl (C=O) groups excluding carboxylic acids is 1. The van der Waals surface area contributed by atoms with Gasteiger partial charge in [-0.05, 0) is 62.8 Å². The second-order valence-corrected chi connectivity index (χ2v) is 8.82. The van der Waals surface area contributed by atoms with Gasteiger partial charge in [-0.15, -0.1) is 0 Å². The summed E-state index contributed by atoms with van der Waals surface area (Å²) in [5, 5.41) is 23.6. The Bertz CT molecular complexity index is 1150. The van der Waals surface area contributed by atoms with Crippen molar-refractivity contribution in [2.24, 2.45) is 11.8 Å². The predicted octanol–water partition coefficient (Wildman–Crippen LogP) is 4.77. The Kier molecular flexibility index (Phi) is 8.40. The number of carbonyl (C=O) groups is 2. The van der Waals surface area contributed by atoms with Crippen LogP contribution in [0, 0.1) is 23.2 Å². The monoisotopic (exact) mass is 504 g/mol. The molecular formula is C25H27F3N4O4. The third kappa shape index (κ3) is 6.44. The lowest BCUT2D eigenvalue weighted by molar-refractivity contribution is -0.143. The molecule has 0 bridgehead atoms. The van der Waals surface area contributed by atoms with Gasteiger partial charge in [0.15, 0.2) is 0 Å². The largest absolute Gasteiger partial charge is 0.496 e. The first kappa shape index (κ1) is 26.8. The number of amides is 1. The van der Waals surface area contributed by atoms with E-state index in [1.54, 1.807) is 19.1 Å². The average molecular weight is 505 g/mol. The molecule has 0 radical (unpaired) electrons. The molecule has 1 aromatic carbocycles. The first-order valence-electron chi connectivity index (χ1n) is 11.5. The molecule has 2 aromatic rings. The zero-order valence-corrected chi connectivity index (χ0v) is 19.9. The molecule has 1 fully saturated rings. The van der Waals surface area contributed by atoms with Crippen molar-refractivity contribution in [1.29, 1.82) is 5.26 Å². The average Bonchev–Trinajstić information content (AvgIpc) is 2.86. The Balaban J connectivity index is 1.74. The number of ether oxygens (including phenoxy) is 1. The maximum absolute atomic E-state index is 13.9. The number of alkyl halides is 3. The van der Waals surface area contributed by atoms with E-state index >= 15 is 0 Å². The number of pyridine rings is 1. The van der Waals surface area contributed by atoms with Crippen molar-refractivity contribution in [3.05, 3.63) is 52.7 Å². The van der Waals surface area contributed by atoms with Gasteiger partial charge in [0.25, 0.3) is 5.91 Å². The number of nitrogens with one attached hydrogen (secondary N) is 2. The molecule has 11 heteroatoms. The van der Waals surface area contributed by atoms with E-state index in [4.69, 9.17) is 15.1 Å². The molecule has 1 amide bonds. The fraction of sp³-hybridized carbons (Fsp3) is 0.440. The summed E-state index contributed by atoms with van der Waals surface area (Å²) in [6.45, 7) is 1.86. The van der Waals surface area contributed by atoms with Gasteiger partial charge in [0.1, 0.15) is 11.6 Å². The molecule has 1 saturated carbocycles. The Labute approximate surface area is 206 Å². The number of nitrogens with zero attached hydrogens (tertiary/aromatic N) is 2. The van der Waals surface area contributed by atoms with Crippen molar-refractivity contribution in [3.8, 4) is 11.8 Å². The molecule has 36 heavy (non-hydrogen) atoms. The molecule has 1 aliphatic carbocycles. The molecule has 3 rings (SSSR count). The normalized spacial score (nSPS) is 18.6. The van der Waals surface area contributed by atoms with Crippen molar-refractivity contribution in [2.75, 3.05) is 19.0 Å². The zero-order valence-electron chi connectivity index (χ0n) is 19.9. The van der Waals surface area contributed by atoms with Crippen LogP contribution < -0.4 is 15.4 Å². The predicted molar refractivity (Wildman–Crippen MR) is 124 cm³/mol. The molecule has 0 aliphatic heterocycles. The van der Waals surface area contributed by atoms with Crippen molar-refractivity contribution < 1.29 is 32.6 Å². The third-order valence-electron chi connectivity index (χ3n) is 6.38. The molecule has 8 nitrogen and oxygen atoms in total. The zero-order chi connectivity index (χ0) is 26.5. The molecule has 192 valence electrons. The Morgan fingerprint density at radius 2 is 1.94 bits per heavy atom. The number of halogens is 3. The summed E-state index contributed by atoms with van der Waals surface area (Å²) in [6.07, 6.45) is -1.43. The van der Waals surface area contributed by atoms with Crippen LogP contribution >= 0.6 is 0 Å². The highest BCUT2D eigenvalue weighted by Crippen LogP contribution is 2.37. The number of hydrogen-bond acceptors (Lipinski definition) is 6. The van der Waals surface area contributed by atoms with Crippen molar-refractivity contribution in [2.45, 2.75) is 44.8 Å². The van der Waals surface area contributed by atoms with Crippen LogP contribution in [0.4, 0.5) is 19.0 Å². The number of methoxy groups -OCH3 is 1. The van der Waals surface area contributed by atoms with Gasteiger partial charge in [0, 0.05) is 18.3 Å². The van der Waals surface area contributed by atoms with Crippen molar-refractivity contribution in [3.63, 3.8) is 0 Å². The third-order valence-corrected chi connectivity index (χ3v) is 6.38. The Morgan fingerprint density at radius 3 is 2.53 bits per heavy atom. The lowest BCUT2D eigenvalue weighted by Gasteiger charge is -2.26. The van der Waals surface area contributed by atoms with Gasteiger partial charge >= 0.3 is 12.1 Å². The van der Waals surface area contributed by atoms with E-state index in [0.29, 0.717) is 42.6 Å². The van der Waals surface area contributed by atoms with Crippen LogP contribution in [-0.2, 0) is 11.0 Å². The Hall–Kier alpha value is -3.81. The first-order chi connectivity index (χ1) is 17.0. The van der Waals surface area contributed by atoms with Gasteiger partial charge in [-0.3, -0.25) is 9.59 Å². The van der Waals surface area contributed by atoms with Crippen LogP contribution in [0.1, 0.15) is 65.7 Å². The number of anilines is 1. The standard InChI is InChI=1S/C25H27F3N4O4/c1-14(19-9-16(11-29)5-8-21(19)36-2)32-22-20(25(26,27)28)10-18(13-30-22)23(33)31-12-15-3-6-17(7-4-15)24(34)35/h5,8-10,13-15,17H,3-4,6-7,12H2,1-2H3,(H,30,32)(H,31,33)(H,34,35)/t14?,15-,17-. The molecule has 0 spiro atoms. The highest BCUT2D eigenvalue weighted by Gasteiger charge is 2.36. The molecule has 3 N–H and O–H groups in total. The van der Waals surface area contributed by atoms with Crippen LogP contribution in [0.5, 0.6) is 5.75 Å². The van der Waals surface area contributed by atoms with E-state index in [1.807, 2.05) is 6.07 Å². The Morgan fingerprint density at radius 1 is 1.25 bits per heavy atom. The van der Waals surface area contributed by atoms with E-state index in [-0.39, 0.29) is 23.9 Å². The maximum atomic E-state index is 13.9. The quantitative estimate of drug-likeness (QED) is 0.473. The number of nitriles is 1. The molecule has 1 atom stereocenters. The minimum Gasteiger partial charge on any atom is -0.496 e. The van der Waals surface area contributed by atoms with Gasteiger partial charge in [-0.25, -0.2) is 4.98 Å². The molecule has 1 aromatic heterocycles. The number of hydrogen-bond donors (Lipinski definition) is 3. The van der Waals surface area contributed by atoms with E-state index in [2.05, 4.69) is 15.6 Å². The second kappa shape index (κ2) is 11.3. The van der Waals surface area contributed by atoms with Gasteiger partial charge in [0.2, 0.25) is 0 Å². The molecule has 1 unspecified atom stereocenters. The van der Waals surface area contributed by atoms with Gasteiger partial charge in [-0.1, -0.05) is 0 Å². The summed E-state index contributed by atoms with van der Waals surface area (Å²) in [7, 11) is 1.42. The fourth-order valence-electron chi connectivity index (χ4n) is 4.30. The molecule has 1 aliphatic rings. The molecular weight excluding hydrogens is 477 g/mol. The fourth-order valence-corrected chi connectivity index (χ4v) is 4.30. The minimum absolute atomic E-state index is 0.0699. The van der Waals surface area contributed by atoms with Crippen LogP contribution in [0.15, 0.2) is 30.5 Å². The van der Waals surface area contributed by atoms with E-state index in [0.717, 1.165) is 12.3 Å². The number of aliphatic carboxylic acids is 1. The summed E-state index contributed by atoms with van der Waals surface area (Å²) in [5.41, 5.74) is -0.527. The summed E-state index contributed by atoms with van der Waals surface area (Å²) in [6, 6.07) is 6.67. The van der Waals surface area contributed by atoms with Gasteiger partial charge in [-0.2, -0.15) is 18.4 Å². The lowest BCUT2D eigenvalue weighted by atomic mass is 9.82. The highest BCUT2D eigenvalue weighted by atomic mass is 19.4. The second-order valence-electron chi connectivity index (χ2n) is 8.82. The molecule has 1 heterocycles. The summed E-state index contributed by atoms with van der Waals surface area (Å²) < 4.78 is 46.9. The number of rotatable bonds is 8. The summed E-state index contributed by atoms with van der Waals surface area (Å²) >= 11 is 0. The number of carboxylic acids is 1. The maximum Gasteiger partial charge on any atom is 0.419 e. The van der Waals surface area contributed by atoms with E-state index in [1.165, 1.54) is 13.2 Å². The lowest BCUT2D eigenvalue weighted by Crippen LogP contribution is -2.32. The summed E-state index contributed by atoms with van der Waals surface area (Å²) in [4.78, 5) is 27.5. The number of carboxylic acid groups (broad SMARTS) is 1. The minimum atomic E-state index is -4.78.